The number of hydrogen-bond acceptors (Lipinski definition) is 7. The smallest absolute Gasteiger partial charge is 0.333 e. The predicted molar refractivity (Wildman–Crippen MR) is 124 cm³/mol. The van der Waals surface area contributed by atoms with Crippen LogP contribution in [0.15, 0.2) is 55.0 Å². The first-order valence-corrected chi connectivity index (χ1v) is 11.0. The molecule has 1 aliphatic heterocycles. The summed E-state index contributed by atoms with van der Waals surface area (Å²) >= 11 is 0. The number of ketones is 1. The van der Waals surface area contributed by atoms with Crippen LogP contribution in [0.5, 0.6) is 0 Å². The van der Waals surface area contributed by atoms with Crippen molar-refractivity contribution in [2.24, 2.45) is 0 Å². The molecule has 1 fully saturated rings. The van der Waals surface area contributed by atoms with E-state index in [1.54, 1.807) is 24.4 Å². The van der Waals surface area contributed by atoms with E-state index in [1.165, 1.54) is 12.4 Å². The first-order chi connectivity index (χ1) is 16.5. The zero-order chi connectivity index (χ0) is 23.7. The average molecular weight is 463 g/mol. The molecule has 0 radical (unpaired) electrons. The molecule has 8 nitrogen and oxygen atoms in total. The van der Waals surface area contributed by atoms with Crippen LogP contribution in [0.2, 0.25) is 0 Å². The minimum absolute atomic E-state index is 0.0687. The first-order valence-electron chi connectivity index (χ1n) is 11.0. The molecule has 34 heavy (non-hydrogen) atoms. The zero-order valence-electron chi connectivity index (χ0n) is 18.6. The van der Waals surface area contributed by atoms with E-state index >= 15 is 0 Å². The molecule has 0 spiro atoms. The third-order valence-electron chi connectivity index (χ3n) is 6.01. The Balaban J connectivity index is 1.35. The van der Waals surface area contributed by atoms with Gasteiger partial charge in [-0.1, -0.05) is 6.07 Å². The van der Waals surface area contributed by atoms with Crippen molar-refractivity contribution in [2.45, 2.75) is 13.0 Å². The van der Waals surface area contributed by atoms with Gasteiger partial charge in [-0.2, -0.15) is 24.1 Å². The first kappa shape index (κ1) is 22.0. The standard InChI is InChI=1S/C24H23F2N7O/c1-31-6-8-32(9-7-31)23-12-17(4-5-27-23)22(34)13-20-11-18-10-16(2-3-21(18)30-29-20)19-14-28-33(15-19)24(25)26/h2-5,10-12,14-15,24H,6-9,13H2,1H3. The van der Waals surface area contributed by atoms with Gasteiger partial charge in [-0.25, -0.2) is 9.67 Å². The SMILES string of the molecule is CN1CCN(c2cc(C(=O)Cc3cc4cc(-c5cnn(C(F)F)c5)ccc4nn3)ccn2)CC1. The average Bonchev–Trinajstić information content (AvgIpc) is 3.35. The summed E-state index contributed by atoms with van der Waals surface area (Å²) in [6, 6.07) is 10.8. The van der Waals surface area contributed by atoms with E-state index < -0.39 is 6.55 Å². The van der Waals surface area contributed by atoms with Crippen LogP contribution >= 0.6 is 0 Å². The molecule has 10 heteroatoms. The number of benzene rings is 1. The highest BCUT2D eigenvalue weighted by molar-refractivity contribution is 5.98. The molecule has 0 amide bonds. The van der Waals surface area contributed by atoms with Crippen molar-refractivity contribution in [1.82, 2.24) is 29.9 Å². The number of carbonyl (C=O) groups excluding carboxylic acids is 1. The van der Waals surface area contributed by atoms with Crippen molar-refractivity contribution < 1.29 is 13.6 Å². The van der Waals surface area contributed by atoms with Gasteiger partial charge in [0.05, 0.1) is 23.8 Å². The highest BCUT2D eigenvalue weighted by Gasteiger charge is 2.17. The Morgan fingerprint density at radius 2 is 1.85 bits per heavy atom. The summed E-state index contributed by atoms with van der Waals surface area (Å²) in [6.07, 6.45) is 4.46. The van der Waals surface area contributed by atoms with Gasteiger partial charge in [-0.3, -0.25) is 4.79 Å². The maximum absolute atomic E-state index is 13.0. The van der Waals surface area contributed by atoms with Gasteiger partial charge in [0.1, 0.15) is 5.82 Å². The minimum Gasteiger partial charge on any atom is -0.354 e. The summed E-state index contributed by atoms with van der Waals surface area (Å²) in [5, 5.41) is 12.9. The number of alkyl halides is 2. The number of nitrogens with zero attached hydrogens (tertiary/aromatic N) is 7. The van der Waals surface area contributed by atoms with Gasteiger partial charge < -0.3 is 9.80 Å². The Kier molecular flexibility index (Phi) is 5.97. The lowest BCUT2D eigenvalue weighted by Crippen LogP contribution is -2.44. The van der Waals surface area contributed by atoms with Crippen LogP contribution in [-0.4, -0.2) is 68.9 Å². The third kappa shape index (κ3) is 4.62. The Morgan fingerprint density at radius 1 is 1.03 bits per heavy atom. The fourth-order valence-corrected chi connectivity index (χ4v) is 4.01. The Hall–Kier alpha value is -3.79. The van der Waals surface area contributed by atoms with E-state index in [0.717, 1.165) is 42.9 Å². The molecule has 4 aromatic rings. The lowest BCUT2D eigenvalue weighted by atomic mass is 10.0. The molecule has 0 aliphatic carbocycles. The molecule has 1 aromatic carbocycles. The molecular weight excluding hydrogens is 440 g/mol. The van der Waals surface area contributed by atoms with Crippen LogP contribution in [-0.2, 0) is 6.42 Å². The van der Waals surface area contributed by atoms with Crippen LogP contribution in [0.1, 0.15) is 22.6 Å². The van der Waals surface area contributed by atoms with E-state index in [1.807, 2.05) is 18.2 Å². The van der Waals surface area contributed by atoms with Crippen molar-refractivity contribution in [3.05, 3.63) is 66.2 Å². The van der Waals surface area contributed by atoms with Crippen LogP contribution in [0.25, 0.3) is 22.0 Å². The maximum Gasteiger partial charge on any atom is 0.333 e. The molecule has 5 rings (SSSR count). The second kappa shape index (κ2) is 9.22. The number of halogens is 2. The van der Waals surface area contributed by atoms with E-state index in [0.29, 0.717) is 27.0 Å². The van der Waals surface area contributed by atoms with E-state index in [9.17, 15) is 13.6 Å². The van der Waals surface area contributed by atoms with E-state index in [2.05, 4.69) is 37.1 Å². The lowest BCUT2D eigenvalue weighted by molar-refractivity contribution is 0.0566. The summed E-state index contributed by atoms with van der Waals surface area (Å²) in [5.74, 6) is 0.735. The Bertz CT molecular complexity index is 1330. The molecule has 0 N–H and O–H groups in total. The number of aromatic nitrogens is 5. The van der Waals surface area contributed by atoms with Gasteiger partial charge in [0.2, 0.25) is 0 Å². The molecule has 1 saturated heterocycles. The van der Waals surface area contributed by atoms with Crippen LogP contribution in [0.4, 0.5) is 14.6 Å². The number of rotatable bonds is 6. The Labute approximate surface area is 194 Å². The van der Waals surface area contributed by atoms with Gasteiger partial charge in [0.15, 0.2) is 5.78 Å². The summed E-state index contributed by atoms with van der Waals surface area (Å²) in [7, 11) is 2.09. The van der Waals surface area contributed by atoms with Gasteiger partial charge in [0.25, 0.3) is 0 Å². The number of anilines is 1. The lowest BCUT2D eigenvalue weighted by Gasteiger charge is -2.33. The number of carbonyl (C=O) groups is 1. The maximum atomic E-state index is 13.0. The monoisotopic (exact) mass is 463 g/mol. The molecule has 0 unspecified atom stereocenters. The van der Waals surface area contributed by atoms with E-state index in [-0.39, 0.29) is 12.2 Å². The second-order valence-corrected chi connectivity index (χ2v) is 8.39. The van der Waals surface area contributed by atoms with Crippen molar-refractivity contribution in [3.63, 3.8) is 0 Å². The molecule has 0 saturated carbocycles. The van der Waals surface area contributed by atoms with Crippen molar-refractivity contribution in [1.29, 1.82) is 0 Å². The number of Topliss-reactive ketones (excluding diaryl/α,β-unsaturated/α-hetero) is 1. The van der Waals surface area contributed by atoms with Crippen molar-refractivity contribution >= 4 is 22.5 Å². The molecule has 0 bridgehead atoms. The molecular formula is C24H23F2N7O. The Morgan fingerprint density at radius 3 is 2.62 bits per heavy atom. The number of hydrogen-bond donors (Lipinski definition) is 0. The fourth-order valence-electron chi connectivity index (χ4n) is 4.01. The molecule has 0 atom stereocenters. The molecule has 4 heterocycles. The summed E-state index contributed by atoms with van der Waals surface area (Å²) in [5.41, 5.74) is 3.08. The molecule has 1 aliphatic rings. The summed E-state index contributed by atoms with van der Waals surface area (Å²) in [4.78, 5) is 21.9. The van der Waals surface area contributed by atoms with Crippen LogP contribution in [0, 0.1) is 0 Å². The predicted octanol–water partition coefficient (Wildman–Crippen LogP) is 3.46. The summed E-state index contributed by atoms with van der Waals surface area (Å²) in [6.45, 7) is 0.961. The van der Waals surface area contributed by atoms with Crippen LogP contribution < -0.4 is 4.90 Å². The van der Waals surface area contributed by atoms with E-state index in [4.69, 9.17) is 0 Å². The molecule has 3 aromatic heterocycles. The second-order valence-electron chi connectivity index (χ2n) is 8.39. The number of pyridine rings is 1. The normalized spacial score (nSPS) is 14.8. The number of likely N-dealkylation sites (N-methyl/N-ethyl adjacent to an activating group) is 1. The number of piperazine rings is 1. The van der Waals surface area contributed by atoms with Gasteiger partial charge in [-0.15, -0.1) is 0 Å². The minimum atomic E-state index is -2.69. The molecule has 174 valence electrons. The zero-order valence-corrected chi connectivity index (χ0v) is 18.6. The van der Waals surface area contributed by atoms with Crippen molar-refractivity contribution in [2.75, 3.05) is 38.1 Å². The highest BCUT2D eigenvalue weighted by Crippen LogP contribution is 2.25. The fraction of sp³-hybridized carbons (Fsp3) is 0.292. The van der Waals surface area contributed by atoms with Crippen molar-refractivity contribution in [3.8, 4) is 11.1 Å². The third-order valence-corrected chi connectivity index (χ3v) is 6.01. The topological polar surface area (TPSA) is 80.0 Å². The quantitative estimate of drug-likeness (QED) is 0.405. The number of fused-ring (bicyclic) bond motifs is 1. The summed E-state index contributed by atoms with van der Waals surface area (Å²) < 4.78 is 26.3. The van der Waals surface area contributed by atoms with Gasteiger partial charge >= 0.3 is 6.55 Å². The van der Waals surface area contributed by atoms with Gasteiger partial charge in [0, 0.05) is 55.1 Å². The van der Waals surface area contributed by atoms with Gasteiger partial charge in [-0.05, 0) is 42.9 Å². The van der Waals surface area contributed by atoms with Crippen LogP contribution in [0.3, 0.4) is 0 Å². The largest absolute Gasteiger partial charge is 0.354 e. The highest BCUT2D eigenvalue weighted by atomic mass is 19.3.